The van der Waals surface area contributed by atoms with Gasteiger partial charge in [0.1, 0.15) is 11.6 Å². The lowest BCUT2D eigenvalue weighted by Crippen LogP contribution is -2.26. The molecule has 0 N–H and O–H groups in total. The van der Waals surface area contributed by atoms with Gasteiger partial charge in [-0.3, -0.25) is 0 Å². The molecule has 0 bridgehead atoms. The summed E-state index contributed by atoms with van der Waals surface area (Å²) in [6.45, 7) is 3.60. The zero-order valence-electron chi connectivity index (χ0n) is 18.7. The predicted molar refractivity (Wildman–Crippen MR) is 117 cm³/mol. The van der Waals surface area contributed by atoms with Crippen LogP contribution in [-0.2, 0) is 0 Å². The number of alkyl halides is 4. The first-order valence-corrected chi connectivity index (χ1v) is 11.4. The van der Waals surface area contributed by atoms with Gasteiger partial charge in [0.2, 0.25) is 0 Å². The van der Waals surface area contributed by atoms with Crippen molar-refractivity contribution >= 4 is 0 Å². The van der Waals surface area contributed by atoms with Gasteiger partial charge in [-0.1, -0.05) is 69.7 Å². The standard InChI is InChI=1S/C26H31F5O/c1-3-4-18-6-8-19(9-7-18)15-16-26(30,31)32-21-12-10-20(11-13-21)22-14-5-17(2)23(24(22)27)25(28)29/h5,10-14,18-19,25H,3-4,6-9,15-16H2,1-2H3. The van der Waals surface area contributed by atoms with Gasteiger partial charge in [0.25, 0.3) is 6.43 Å². The molecule has 0 aliphatic heterocycles. The summed E-state index contributed by atoms with van der Waals surface area (Å²) >= 11 is 0. The number of ether oxygens (including phenoxy) is 1. The molecular weight excluding hydrogens is 423 g/mol. The maximum atomic E-state index is 14.6. The van der Waals surface area contributed by atoms with Crippen molar-refractivity contribution in [3.05, 3.63) is 53.3 Å². The third-order valence-electron chi connectivity index (χ3n) is 6.56. The van der Waals surface area contributed by atoms with Gasteiger partial charge in [0.15, 0.2) is 0 Å². The van der Waals surface area contributed by atoms with Crippen molar-refractivity contribution in [3.63, 3.8) is 0 Å². The molecule has 6 heteroatoms. The molecule has 2 aromatic carbocycles. The van der Waals surface area contributed by atoms with E-state index in [0.717, 1.165) is 31.6 Å². The van der Waals surface area contributed by atoms with Crippen LogP contribution in [-0.4, -0.2) is 6.11 Å². The maximum Gasteiger partial charge on any atom is 0.397 e. The highest BCUT2D eigenvalue weighted by Crippen LogP contribution is 2.37. The molecule has 1 nitrogen and oxygen atoms in total. The number of hydrogen-bond donors (Lipinski definition) is 0. The van der Waals surface area contributed by atoms with Crippen LogP contribution >= 0.6 is 0 Å². The summed E-state index contributed by atoms with van der Waals surface area (Å²) in [6, 6.07) is 8.29. The molecule has 0 amide bonds. The quantitative estimate of drug-likeness (QED) is 0.343. The van der Waals surface area contributed by atoms with Gasteiger partial charge in [0.05, 0.1) is 12.0 Å². The second-order valence-electron chi connectivity index (χ2n) is 8.94. The topological polar surface area (TPSA) is 9.23 Å². The Morgan fingerprint density at radius 1 is 0.938 bits per heavy atom. The van der Waals surface area contributed by atoms with Gasteiger partial charge in [0, 0.05) is 5.56 Å². The Labute approximate surface area is 187 Å². The molecule has 0 atom stereocenters. The van der Waals surface area contributed by atoms with Crippen molar-refractivity contribution in [2.24, 2.45) is 11.8 Å². The summed E-state index contributed by atoms with van der Waals surface area (Å²) in [5.74, 6) is 0.0230. The molecule has 1 aliphatic rings. The zero-order valence-corrected chi connectivity index (χ0v) is 18.7. The molecule has 0 unspecified atom stereocenters. The van der Waals surface area contributed by atoms with Crippen LogP contribution in [0.1, 0.15) is 75.8 Å². The lowest BCUT2D eigenvalue weighted by atomic mass is 9.78. The van der Waals surface area contributed by atoms with Gasteiger partial charge >= 0.3 is 6.11 Å². The average Bonchev–Trinajstić information content (AvgIpc) is 2.74. The van der Waals surface area contributed by atoms with E-state index in [1.54, 1.807) is 0 Å². The van der Waals surface area contributed by atoms with Gasteiger partial charge < -0.3 is 4.74 Å². The first-order chi connectivity index (χ1) is 15.2. The Morgan fingerprint density at radius 3 is 2.09 bits per heavy atom. The second kappa shape index (κ2) is 10.7. The number of aryl methyl sites for hydroxylation is 1. The predicted octanol–water partition coefficient (Wildman–Crippen LogP) is 9.10. The molecule has 0 saturated heterocycles. The normalized spacial score (nSPS) is 19.4. The van der Waals surface area contributed by atoms with Crippen LogP contribution < -0.4 is 4.74 Å². The van der Waals surface area contributed by atoms with E-state index in [2.05, 4.69) is 6.92 Å². The molecule has 1 saturated carbocycles. The summed E-state index contributed by atoms with van der Waals surface area (Å²) < 4.78 is 74.5. The molecule has 0 aromatic heterocycles. The zero-order chi connectivity index (χ0) is 23.3. The number of halogens is 5. The van der Waals surface area contributed by atoms with E-state index >= 15 is 0 Å². The molecule has 3 rings (SSSR count). The Balaban J connectivity index is 1.59. The summed E-state index contributed by atoms with van der Waals surface area (Å²) in [7, 11) is 0. The largest absolute Gasteiger partial charge is 0.433 e. The minimum absolute atomic E-state index is 0.00267. The monoisotopic (exact) mass is 454 g/mol. The van der Waals surface area contributed by atoms with E-state index in [1.165, 1.54) is 56.2 Å². The summed E-state index contributed by atoms with van der Waals surface area (Å²) in [6.07, 6.45) is 0.484. The average molecular weight is 455 g/mol. The van der Waals surface area contributed by atoms with E-state index < -0.39 is 23.9 Å². The number of benzene rings is 2. The number of hydrogen-bond acceptors (Lipinski definition) is 1. The highest BCUT2D eigenvalue weighted by atomic mass is 19.3. The molecule has 0 radical (unpaired) electrons. The Hall–Kier alpha value is -2.11. The van der Waals surface area contributed by atoms with Crippen molar-refractivity contribution in [2.75, 3.05) is 0 Å². The molecule has 2 aromatic rings. The van der Waals surface area contributed by atoms with Crippen LogP contribution in [0.3, 0.4) is 0 Å². The highest BCUT2D eigenvalue weighted by molar-refractivity contribution is 5.66. The Bertz CT molecular complexity index is 871. The minimum atomic E-state index is -3.29. The van der Waals surface area contributed by atoms with Crippen molar-refractivity contribution < 1.29 is 26.7 Å². The third-order valence-corrected chi connectivity index (χ3v) is 6.56. The van der Waals surface area contributed by atoms with Gasteiger partial charge in [-0.05, 0) is 48.4 Å². The molecule has 176 valence electrons. The molecule has 1 aliphatic carbocycles. The van der Waals surface area contributed by atoms with Crippen molar-refractivity contribution in [1.29, 1.82) is 0 Å². The van der Waals surface area contributed by atoms with E-state index in [1.807, 2.05) is 0 Å². The van der Waals surface area contributed by atoms with E-state index in [4.69, 9.17) is 4.74 Å². The van der Waals surface area contributed by atoms with Crippen LogP contribution in [0.2, 0.25) is 0 Å². The van der Waals surface area contributed by atoms with Crippen LogP contribution in [0.25, 0.3) is 11.1 Å². The van der Waals surface area contributed by atoms with E-state index in [-0.39, 0.29) is 23.3 Å². The third kappa shape index (κ3) is 6.23. The minimum Gasteiger partial charge on any atom is -0.433 e. The fourth-order valence-electron chi connectivity index (χ4n) is 4.70. The molecular formula is C26H31F5O. The van der Waals surface area contributed by atoms with E-state index in [9.17, 15) is 22.0 Å². The number of rotatable bonds is 9. The SMILES string of the molecule is CCCC1CCC(CCC(F)(F)Oc2ccc(-c3ccc(C)c(C(F)F)c3F)cc2)CC1. The van der Waals surface area contributed by atoms with Gasteiger partial charge in [-0.25, -0.2) is 13.2 Å². The molecule has 0 spiro atoms. The molecule has 32 heavy (non-hydrogen) atoms. The van der Waals surface area contributed by atoms with Crippen LogP contribution in [0.15, 0.2) is 36.4 Å². The van der Waals surface area contributed by atoms with Crippen LogP contribution in [0.5, 0.6) is 5.75 Å². The summed E-state index contributed by atoms with van der Waals surface area (Å²) in [5.41, 5.74) is -0.149. The van der Waals surface area contributed by atoms with Crippen molar-refractivity contribution in [2.45, 2.75) is 77.7 Å². The summed E-state index contributed by atoms with van der Waals surface area (Å²) in [5, 5.41) is 0. The Morgan fingerprint density at radius 2 is 1.53 bits per heavy atom. The first kappa shape index (κ1) is 24.5. The van der Waals surface area contributed by atoms with Crippen molar-refractivity contribution in [1.82, 2.24) is 0 Å². The smallest absolute Gasteiger partial charge is 0.397 e. The highest BCUT2D eigenvalue weighted by Gasteiger charge is 2.33. The van der Waals surface area contributed by atoms with Crippen LogP contribution in [0, 0.1) is 24.6 Å². The fraction of sp³-hybridized carbons (Fsp3) is 0.538. The second-order valence-corrected chi connectivity index (χ2v) is 8.94. The first-order valence-electron chi connectivity index (χ1n) is 11.4. The van der Waals surface area contributed by atoms with Gasteiger partial charge in [-0.15, -0.1) is 0 Å². The fourth-order valence-corrected chi connectivity index (χ4v) is 4.70. The van der Waals surface area contributed by atoms with E-state index in [0.29, 0.717) is 17.9 Å². The molecule has 1 fully saturated rings. The Kier molecular flexibility index (Phi) is 8.18. The lowest BCUT2D eigenvalue weighted by molar-refractivity contribution is -0.183. The maximum absolute atomic E-state index is 14.6. The molecule has 0 heterocycles. The summed E-state index contributed by atoms with van der Waals surface area (Å²) in [4.78, 5) is 0. The lowest BCUT2D eigenvalue weighted by Gasteiger charge is -2.29. The van der Waals surface area contributed by atoms with Crippen molar-refractivity contribution in [3.8, 4) is 16.9 Å². The van der Waals surface area contributed by atoms with Crippen LogP contribution in [0.4, 0.5) is 22.0 Å². The van der Waals surface area contributed by atoms with Gasteiger partial charge in [-0.2, -0.15) is 8.78 Å².